The standard InChI is InChI=1S/C19H18ClNO5S/c1-24-19(23)13-2-4-14(5-3-13)21-17(22)11-27-10-12-8-15(20)18-16(9-12)25-6-7-26-18/h2-5,8-9H,6-7,10-11H2,1H3,(H,21,22). The summed E-state index contributed by atoms with van der Waals surface area (Å²) in [5.74, 6) is 1.57. The van der Waals surface area contributed by atoms with Crippen LogP contribution in [0.3, 0.4) is 0 Å². The number of carbonyl (C=O) groups is 2. The number of nitrogens with one attached hydrogen (secondary N) is 1. The van der Waals surface area contributed by atoms with E-state index in [2.05, 4.69) is 10.1 Å². The maximum Gasteiger partial charge on any atom is 0.337 e. The Bertz CT molecular complexity index is 841. The van der Waals surface area contributed by atoms with E-state index >= 15 is 0 Å². The molecule has 0 spiro atoms. The van der Waals surface area contributed by atoms with Crippen LogP contribution in [-0.4, -0.2) is 38.0 Å². The highest BCUT2D eigenvalue weighted by atomic mass is 35.5. The highest BCUT2D eigenvalue weighted by molar-refractivity contribution is 7.99. The van der Waals surface area contributed by atoms with Crippen molar-refractivity contribution in [3.63, 3.8) is 0 Å². The fourth-order valence-electron chi connectivity index (χ4n) is 2.51. The van der Waals surface area contributed by atoms with Gasteiger partial charge >= 0.3 is 5.97 Å². The van der Waals surface area contributed by atoms with Crippen molar-refractivity contribution < 1.29 is 23.8 Å². The van der Waals surface area contributed by atoms with Gasteiger partial charge in [0.2, 0.25) is 5.91 Å². The summed E-state index contributed by atoms with van der Waals surface area (Å²) in [6.07, 6.45) is 0. The normalized spacial score (nSPS) is 12.4. The van der Waals surface area contributed by atoms with E-state index in [0.717, 1.165) is 5.56 Å². The van der Waals surface area contributed by atoms with Crippen molar-refractivity contribution in [3.05, 3.63) is 52.5 Å². The summed E-state index contributed by atoms with van der Waals surface area (Å²) in [6.45, 7) is 0.985. The molecule has 0 saturated carbocycles. The Kier molecular flexibility index (Phi) is 6.47. The molecule has 1 amide bonds. The summed E-state index contributed by atoms with van der Waals surface area (Å²) in [4.78, 5) is 23.5. The third-order valence-electron chi connectivity index (χ3n) is 3.75. The van der Waals surface area contributed by atoms with Crippen molar-refractivity contribution >= 4 is 40.9 Å². The molecule has 2 aromatic rings. The van der Waals surface area contributed by atoms with E-state index in [0.29, 0.717) is 46.7 Å². The minimum atomic E-state index is -0.415. The van der Waals surface area contributed by atoms with Gasteiger partial charge in [0, 0.05) is 11.4 Å². The molecule has 0 fully saturated rings. The average molecular weight is 408 g/mol. The topological polar surface area (TPSA) is 73.9 Å². The summed E-state index contributed by atoms with van der Waals surface area (Å²) in [5.41, 5.74) is 2.01. The highest BCUT2D eigenvalue weighted by Gasteiger charge is 2.16. The number of amides is 1. The van der Waals surface area contributed by atoms with Crippen molar-refractivity contribution in [1.82, 2.24) is 0 Å². The molecule has 0 atom stereocenters. The van der Waals surface area contributed by atoms with E-state index < -0.39 is 5.97 Å². The second kappa shape index (κ2) is 9.01. The number of fused-ring (bicyclic) bond motifs is 1. The van der Waals surface area contributed by atoms with E-state index in [4.69, 9.17) is 21.1 Å². The van der Waals surface area contributed by atoms with Crippen LogP contribution in [-0.2, 0) is 15.3 Å². The molecule has 142 valence electrons. The Hall–Kier alpha value is -2.38. The van der Waals surface area contributed by atoms with Crippen LogP contribution in [0.15, 0.2) is 36.4 Å². The Morgan fingerprint density at radius 1 is 1.19 bits per heavy atom. The number of benzene rings is 2. The van der Waals surface area contributed by atoms with Crippen LogP contribution < -0.4 is 14.8 Å². The van der Waals surface area contributed by atoms with Gasteiger partial charge in [-0.05, 0) is 42.0 Å². The van der Waals surface area contributed by atoms with Gasteiger partial charge in [-0.2, -0.15) is 0 Å². The lowest BCUT2D eigenvalue weighted by atomic mass is 10.2. The summed E-state index contributed by atoms with van der Waals surface area (Å²) < 4.78 is 15.7. The molecule has 0 bridgehead atoms. The van der Waals surface area contributed by atoms with E-state index in [1.165, 1.54) is 18.9 Å². The lowest BCUT2D eigenvalue weighted by Crippen LogP contribution is -2.16. The minimum absolute atomic E-state index is 0.130. The molecule has 8 heteroatoms. The quantitative estimate of drug-likeness (QED) is 0.735. The van der Waals surface area contributed by atoms with Gasteiger partial charge in [0.15, 0.2) is 11.5 Å². The summed E-state index contributed by atoms with van der Waals surface area (Å²) in [5, 5.41) is 3.30. The SMILES string of the molecule is COC(=O)c1ccc(NC(=O)CSCc2cc(Cl)c3c(c2)OCCO3)cc1. The molecular weight excluding hydrogens is 390 g/mol. The first-order chi connectivity index (χ1) is 13.1. The Morgan fingerprint density at radius 2 is 1.93 bits per heavy atom. The highest BCUT2D eigenvalue weighted by Crippen LogP contribution is 2.39. The Morgan fingerprint density at radius 3 is 2.67 bits per heavy atom. The molecule has 0 aliphatic carbocycles. The van der Waals surface area contributed by atoms with Gasteiger partial charge in [-0.1, -0.05) is 11.6 Å². The van der Waals surface area contributed by atoms with Crippen LogP contribution in [0.25, 0.3) is 0 Å². The number of carbonyl (C=O) groups excluding carboxylic acids is 2. The molecule has 6 nitrogen and oxygen atoms in total. The zero-order valence-corrected chi connectivity index (χ0v) is 16.2. The molecular formula is C19H18ClNO5S. The van der Waals surface area contributed by atoms with Gasteiger partial charge in [-0.3, -0.25) is 4.79 Å². The number of ether oxygens (including phenoxy) is 3. The van der Waals surface area contributed by atoms with Crippen LogP contribution in [0.2, 0.25) is 5.02 Å². The van der Waals surface area contributed by atoms with Crippen LogP contribution in [0.5, 0.6) is 11.5 Å². The van der Waals surface area contributed by atoms with Crippen molar-refractivity contribution in [3.8, 4) is 11.5 Å². The molecule has 1 aliphatic rings. The third kappa shape index (κ3) is 5.08. The Balaban J connectivity index is 1.50. The number of esters is 1. The number of anilines is 1. The maximum absolute atomic E-state index is 12.1. The van der Waals surface area contributed by atoms with Crippen molar-refractivity contribution in [2.24, 2.45) is 0 Å². The van der Waals surface area contributed by atoms with Gasteiger partial charge in [0.25, 0.3) is 0 Å². The molecule has 0 aromatic heterocycles. The van der Waals surface area contributed by atoms with E-state index in [1.54, 1.807) is 24.3 Å². The number of hydrogen-bond donors (Lipinski definition) is 1. The van der Waals surface area contributed by atoms with Gasteiger partial charge in [-0.25, -0.2) is 4.79 Å². The lowest BCUT2D eigenvalue weighted by Gasteiger charge is -2.20. The van der Waals surface area contributed by atoms with E-state index in [9.17, 15) is 9.59 Å². The predicted molar refractivity (Wildman–Crippen MR) is 105 cm³/mol. The first-order valence-corrected chi connectivity index (χ1v) is 9.74. The number of halogens is 1. The summed E-state index contributed by atoms with van der Waals surface area (Å²) in [7, 11) is 1.32. The van der Waals surface area contributed by atoms with Crippen molar-refractivity contribution in [2.45, 2.75) is 5.75 Å². The molecule has 1 aliphatic heterocycles. The van der Waals surface area contributed by atoms with E-state index in [1.807, 2.05) is 12.1 Å². The third-order valence-corrected chi connectivity index (χ3v) is 5.03. The Labute approximate surface area is 166 Å². The minimum Gasteiger partial charge on any atom is -0.486 e. The van der Waals surface area contributed by atoms with Crippen molar-refractivity contribution in [2.75, 3.05) is 31.4 Å². The molecule has 27 heavy (non-hydrogen) atoms. The van der Waals surface area contributed by atoms with Gasteiger partial charge in [0.1, 0.15) is 13.2 Å². The zero-order chi connectivity index (χ0) is 19.2. The molecule has 1 N–H and O–H groups in total. The van der Waals surface area contributed by atoms with Crippen molar-refractivity contribution in [1.29, 1.82) is 0 Å². The fourth-order valence-corrected chi connectivity index (χ4v) is 3.56. The van der Waals surface area contributed by atoms with Crippen LogP contribution in [0.1, 0.15) is 15.9 Å². The van der Waals surface area contributed by atoms with Gasteiger partial charge in [-0.15, -0.1) is 11.8 Å². The first-order valence-electron chi connectivity index (χ1n) is 8.21. The molecule has 1 heterocycles. The number of rotatable bonds is 6. The molecule has 0 saturated heterocycles. The molecule has 2 aromatic carbocycles. The fraction of sp³-hybridized carbons (Fsp3) is 0.263. The van der Waals surface area contributed by atoms with Gasteiger partial charge < -0.3 is 19.5 Å². The second-order valence-corrected chi connectivity index (χ2v) is 7.10. The molecule has 0 unspecified atom stereocenters. The second-order valence-electron chi connectivity index (χ2n) is 5.71. The molecule has 0 radical (unpaired) electrons. The monoisotopic (exact) mass is 407 g/mol. The number of hydrogen-bond acceptors (Lipinski definition) is 6. The molecule has 3 rings (SSSR count). The largest absolute Gasteiger partial charge is 0.486 e. The smallest absolute Gasteiger partial charge is 0.337 e. The zero-order valence-electron chi connectivity index (χ0n) is 14.6. The van der Waals surface area contributed by atoms with Crippen LogP contribution in [0, 0.1) is 0 Å². The van der Waals surface area contributed by atoms with Crippen LogP contribution >= 0.6 is 23.4 Å². The van der Waals surface area contributed by atoms with Crippen LogP contribution in [0.4, 0.5) is 5.69 Å². The van der Waals surface area contributed by atoms with Gasteiger partial charge in [0.05, 0.1) is 23.4 Å². The van der Waals surface area contributed by atoms with E-state index in [-0.39, 0.29) is 11.7 Å². The number of thioether (sulfide) groups is 1. The first kappa shape index (κ1) is 19.4. The lowest BCUT2D eigenvalue weighted by molar-refractivity contribution is -0.113. The average Bonchev–Trinajstić information content (AvgIpc) is 2.68. The maximum atomic E-state index is 12.1. The number of methoxy groups -OCH3 is 1. The summed E-state index contributed by atoms with van der Waals surface area (Å²) in [6, 6.07) is 10.2. The predicted octanol–water partition coefficient (Wildman–Crippen LogP) is 3.77. The summed E-state index contributed by atoms with van der Waals surface area (Å²) >= 11 is 7.68.